The van der Waals surface area contributed by atoms with Gasteiger partial charge < -0.3 is 9.47 Å². The third kappa shape index (κ3) is 5.47. The van der Waals surface area contributed by atoms with E-state index in [4.69, 9.17) is 0 Å². The van der Waals surface area contributed by atoms with Crippen LogP contribution in [0.15, 0.2) is 236 Å². The van der Waals surface area contributed by atoms with Crippen molar-refractivity contribution in [2.75, 3.05) is 4.90 Å². The van der Waals surface area contributed by atoms with Crippen LogP contribution in [0.3, 0.4) is 0 Å². The van der Waals surface area contributed by atoms with Gasteiger partial charge in [0.15, 0.2) is 0 Å². The van der Waals surface area contributed by atoms with Crippen LogP contribution in [0, 0.1) is 0 Å². The summed E-state index contributed by atoms with van der Waals surface area (Å²) in [6, 6.07) is 79.2. The van der Waals surface area contributed by atoms with Crippen molar-refractivity contribution in [3.63, 3.8) is 0 Å². The Hall–Kier alpha value is -7.94. The zero-order chi connectivity index (χ0) is 43.3. The second-order valence-electron chi connectivity index (χ2n) is 18.3. The molecular weight excluding hydrogens is 785 g/mol. The van der Waals surface area contributed by atoms with Crippen LogP contribution in [0.25, 0.3) is 72.0 Å². The Bertz CT molecular complexity index is 3510. The second-order valence-corrected chi connectivity index (χ2v) is 18.3. The Morgan fingerprint density at radius 3 is 1.55 bits per heavy atom. The minimum atomic E-state index is -0.468. The molecule has 308 valence electrons. The fourth-order valence-electron chi connectivity index (χ4n) is 11.7. The molecule has 1 aromatic heterocycles. The van der Waals surface area contributed by atoms with E-state index < -0.39 is 5.41 Å². The summed E-state index contributed by atoms with van der Waals surface area (Å²) in [5.74, 6) is 0. The molecule has 1 atom stereocenters. The van der Waals surface area contributed by atoms with Crippen LogP contribution in [0.4, 0.5) is 11.4 Å². The van der Waals surface area contributed by atoms with E-state index in [1.54, 1.807) is 0 Å². The molecule has 0 bridgehead atoms. The smallest absolute Gasteiger partial charge is 0.0746 e. The van der Waals surface area contributed by atoms with Gasteiger partial charge in [0.25, 0.3) is 0 Å². The predicted molar refractivity (Wildman–Crippen MR) is 272 cm³/mol. The summed E-state index contributed by atoms with van der Waals surface area (Å²) < 4.78 is 2.54. The number of para-hydroxylation sites is 1. The minimum Gasteiger partial charge on any atom is -0.332 e. The first kappa shape index (κ1) is 37.6. The van der Waals surface area contributed by atoms with Crippen LogP contribution in [-0.2, 0) is 5.41 Å². The van der Waals surface area contributed by atoms with Crippen LogP contribution in [-0.4, -0.2) is 10.1 Å². The lowest BCUT2D eigenvalue weighted by Gasteiger charge is -2.42. The molecule has 0 saturated carbocycles. The summed E-state index contributed by atoms with van der Waals surface area (Å²) in [6.45, 7) is 4.54. The van der Waals surface area contributed by atoms with E-state index in [9.17, 15) is 0 Å². The molecule has 3 aliphatic rings. The SMILES string of the molecule is CC1=CCC(C)(N(c2ccc(-c3ccccc3)cc2)c2ccc(-c3ccc4c(c3)c3ccc5c(c3n4-c3ccccc3)C3(c4ccccc4-c4ccccc43)c3ccccc3-5)cc2)C=C1. The summed E-state index contributed by atoms with van der Waals surface area (Å²) in [5.41, 5.74) is 22.1. The first-order chi connectivity index (χ1) is 32.0. The number of hydrogen-bond donors (Lipinski definition) is 0. The molecule has 0 saturated heterocycles. The maximum absolute atomic E-state index is 2.54. The number of allylic oxidation sites excluding steroid dienone is 2. The van der Waals surface area contributed by atoms with Crippen LogP contribution in [0.1, 0.15) is 42.5 Å². The zero-order valence-electron chi connectivity index (χ0n) is 36.5. The highest BCUT2D eigenvalue weighted by molar-refractivity contribution is 6.15. The number of anilines is 2. The molecule has 0 amide bonds. The van der Waals surface area contributed by atoms with Gasteiger partial charge in [-0.1, -0.05) is 188 Å². The van der Waals surface area contributed by atoms with Gasteiger partial charge in [0.05, 0.1) is 22.0 Å². The maximum atomic E-state index is 2.54. The van der Waals surface area contributed by atoms with Gasteiger partial charge in [0.1, 0.15) is 0 Å². The van der Waals surface area contributed by atoms with Gasteiger partial charge in [-0.3, -0.25) is 0 Å². The van der Waals surface area contributed by atoms with Crippen LogP contribution < -0.4 is 4.90 Å². The van der Waals surface area contributed by atoms with E-state index in [1.807, 2.05) is 0 Å². The normalized spacial score (nSPS) is 16.3. The van der Waals surface area contributed by atoms with Crippen molar-refractivity contribution in [1.82, 2.24) is 4.57 Å². The second kappa shape index (κ2) is 14.3. The fourth-order valence-corrected chi connectivity index (χ4v) is 11.7. The molecule has 1 heterocycles. The maximum Gasteiger partial charge on any atom is 0.0746 e. The number of nitrogens with zero attached hydrogens (tertiary/aromatic N) is 2. The molecule has 2 nitrogen and oxygen atoms in total. The van der Waals surface area contributed by atoms with Crippen molar-refractivity contribution in [3.8, 4) is 50.2 Å². The highest BCUT2D eigenvalue weighted by Crippen LogP contribution is 2.64. The van der Waals surface area contributed by atoms with E-state index in [1.165, 1.54) is 106 Å². The van der Waals surface area contributed by atoms with Crippen LogP contribution in [0.2, 0.25) is 0 Å². The van der Waals surface area contributed by atoms with Crippen molar-refractivity contribution in [3.05, 3.63) is 258 Å². The fraction of sp³-hybridized carbons (Fsp3) is 0.0794. The third-order valence-electron chi connectivity index (χ3n) is 14.6. The summed E-state index contributed by atoms with van der Waals surface area (Å²) in [7, 11) is 0. The van der Waals surface area contributed by atoms with E-state index in [2.05, 4.69) is 254 Å². The number of rotatable bonds is 6. The Labute approximate surface area is 380 Å². The summed E-state index contributed by atoms with van der Waals surface area (Å²) >= 11 is 0. The van der Waals surface area contributed by atoms with Gasteiger partial charge in [-0.25, -0.2) is 0 Å². The van der Waals surface area contributed by atoms with Gasteiger partial charge in [0.2, 0.25) is 0 Å². The van der Waals surface area contributed by atoms with Gasteiger partial charge in [0, 0.05) is 33.4 Å². The van der Waals surface area contributed by atoms with Crippen LogP contribution >= 0.6 is 0 Å². The number of aromatic nitrogens is 1. The van der Waals surface area contributed by atoms with Gasteiger partial charge >= 0.3 is 0 Å². The van der Waals surface area contributed by atoms with E-state index in [0.717, 1.165) is 12.1 Å². The number of fused-ring (bicyclic) bond motifs is 14. The van der Waals surface area contributed by atoms with Crippen molar-refractivity contribution in [2.45, 2.75) is 31.2 Å². The molecule has 3 aliphatic carbocycles. The van der Waals surface area contributed by atoms with Gasteiger partial charge in [-0.2, -0.15) is 0 Å². The van der Waals surface area contributed by atoms with E-state index >= 15 is 0 Å². The highest BCUT2D eigenvalue weighted by atomic mass is 15.2. The average Bonchev–Trinajstić information content (AvgIpc) is 3.98. The first-order valence-corrected chi connectivity index (χ1v) is 22.9. The van der Waals surface area contributed by atoms with Crippen molar-refractivity contribution in [1.29, 1.82) is 0 Å². The summed E-state index contributed by atoms with van der Waals surface area (Å²) in [4.78, 5) is 2.51. The molecular formula is C63H46N2. The monoisotopic (exact) mass is 830 g/mol. The highest BCUT2D eigenvalue weighted by Gasteiger charge is 2.53. The van der Waals surface area contributed by atoms with E-state index in [-0.39, 0.29) is 5.54 Å². The predicted octanol–water partition coefficient (Wildman–Crippen LogP) is 16.3. The summed E-state index contributed by atoms with van der Waals surface area (Å²) in [6.07, 6.45) is 7.93. The van der Waals surface area contributed by atoms with Gasteiger partial charge in [-0.05, 0) is 130 Å². The summed E-state index contributed by atoms with van der Waals surface area (Å²) in [5, 5.41) is 2.52. The Kier molecular flexibility index (Phi) is 8.27. The molecule has 1 spiro atoms. The lowest BCUT2D eigenvalue weighted by Crippen LogP contribution is -2.42. The van der Waals surface area contributed by atoms with Crippen LogP contribution in [0.5, 0.6) is 0 Å². The number of benzene rings is 9. The first-order valence-electron chi connectivity index (χ1n) is 22.9. The zero-order valence-corrected chi connectivity index (χ0v) is 36.5. The average molecular weight is 831 g/mol. The lowest BCUT2D eigenvalue weighted by atomic mass is 9.70. The largest absolute Gasteiger partial charge is 0.332 e. The molecule has 65 heavy (non-hydrogen) atoms. The molecule has 10 aromatic rings. The molecule has 0 N–H and O–H groups in total. The van der Waals surface area contributed by atoms with E-state index in [0.29, 0.717) is 0 Å². The third-order valence-corrected chi connectivity index (χ3v) is 14.6. The molecule has 9 aromatic carbocycles. The van der Waals surface area contributed by atoms with Gasteiger partial charge in [-0.15, -0.1) is 0 Å². The molecule has 13 rings (SSSR count). The van der Waals surface area contributed by atoms with Crippen molar-refractivity contribution in [2.24, 2.45) is 0 Å². The Balaban J connectivity index is 0.988. The molecule has 0 fully saturated rings. The topological polar surface area (TPSA) is 8.17 Å². The quantitative estimate of drug-likeness (QED) is 0.162. The standard InChI is InChI=1S/C63H46N2/c1-42-37-39-62(2,40-38-42)65(48-30-25-44(26-31-48)43-15-5-3-6-16-43)49-32-27-45(28-33-49)46-29-36-59-55(41-46)54-35-34-53-52-21-11-14-24-58(52)63(60(53)61(54)64(59)47-17-7-4-8-18-47)56-22-12-9-19-50(56)51-20-10-13-23-57(51)63/h3-39,41H,40H2,1-2H3. The Morgan fingerprint density at radius 2 is 0.969 bits per heavy atom. The van der Waals surface area contributed by atoms with Crippen molar-refractivity contribution < 1.29 is 0 Å². The minimum absolute atomic E-state index is 0.231. The number of hydrogen-bond acceptors (Lipinski definition) is 1. The Morgan fingerprint density at radius 1 is 0.462 bits per heavy atom. The molecule has 1 unspecified atom stereocenters. The molecule has 0 aliphatic heterocycles. The molecule has 2 heteroatoms. The van der Waals surface area contributed by atoms with Crippen molar-refractivity contribution >= 4 is 33.2 Å². The lowest BCUT2D eigenvalue weighted by molar-refractivity contribution is 0.567. The molecule has 0 radical (unpaired) electrons.